The highest BCUT2D eigenvalue weighted by molar-refractivity contribution is 5.93. The smallest absolute Gasteiger partial charge is 0.274 e. The van der Waals surface area contributed by atoms with Crippen LogP contribution in [0.1, 0.15) is 18.1 Å². The van der Waals surface area contributed by atoms with Crippen LogP contribution in [-0.4, -0.2) is 34.4 Å². The number of nitrogens with zero attached hydrogens (tertiary/aromatic N) is 4. The highest BCUT2D eigenvalue weighted by Gasteiger charge is 2.16. The summed E-state index contributed by atoms with van der Waals surface area (Å²) in [5.74, 6) is -0.228. The molecule has 0 saturated carbocycles. The summed E-state index contributed by atoms with van der Waals surface area (Å²) in [5.41, 5.74) is 1.64. The van der Waals surface area contributed by atoms with Crippen LogP contribution in [0, 0.1) is 17.3 Å². The Kier molecular flexibility index (Phi) is 6.72. The van der Waals surface area contributed by atoms with Gasteiger partial charge in [0.2, 0.25) is 5.95 Å². The molecule has 2 aromatic heterocycles. The minimum atomic E-state index is -0.662. The molecule has 0 saturated heterocycles. The maximum Gasteiger partial charge on any atom is 0.274 e. The van der Waals surface area contributed by atoms with Crippen molar-refractivity contribution in [2.75, 3.05) is 25.0 Å². The molecular formula is C25H23FN6O. The Bertz CT molecular complexity index is 1370. The molecule has 0 radical (unpaired) electrons. The van der Waals surface area contributed by atoms with E-state index in [0.29, 0.717) is 34.4 Å². The maximum atomic E-state index is 15.1. The Balaban J connectivity index is 1.73. The van der Waals surface area contributed by atoms with Crippen molar-refractivity contribution in [3.63, 3.8) is 0 Å². The van der Waals surface area contributed by atoms with Crippen LogP contribution in [0.15, 0.2) is 65.5 Å². The number of benzene rings is 2. The summed E-state index contributed by atoms with van der Waals surface area (Å²) in [7, 11) is 0. The molecule has 0 unspecified atom stereocenters. The van der Waals surface area contributed by atoms with Crippen molar-refractivity contribution in [3.8, 4) is 17.3 Å². The van der Waals surface area contributed by atoms with E-state index in [0.717, 1.165) is 18.7 Å². The number of fused-ring (bicyclic) bond motifs is 1. The standard InChI is InChI=1S/C25H23FN6O/c1-2-28-13-14-29-22-12-11-21(24(26)30-22)23-19-5-3-4-6-20(19)25(33)32(31-23)16-18-9-7-17(15-27)8-10-18/h3-12,28H,2,13-14,16H2,1H3,(H,29,30). The van der Waals surface area contributed by atoms with E-state index in [2.05, 4.69) is 26.8 Å². The topological polar surface area (TPSA) is 95.6 Å². The van der Waals surface area contributed by atoms with E-state index in [1.807, 2.05) is 6.92 Å². The van der Waals surface area contributed by atoms with Crippen LogP contribution in [0.5, 0.6) is 0 Å². The fraction of sp³-hybridized carbons (Fsp3) is 0.200. The van der Waals surface area contributed by atoms with Gasteiger partial charge in [0.05, 0.1) is 29.1 Å². The summed E-state index contributed by atoms with van der Waals surface area (Å²) in [6, 6.07) is 19.4. The molecule has 0 atom stereocenters. The monoisotopic (exact) mass is 442 g/mol. The molecule has 7 nitrogen and oxygen atoms in total. The number of likely N-dealkylation sites (N-methyl/N-ethyl adjacent to an activating group) is 1. The van der Waals surface area contributed by atoms with E-state index in [-0.39, 0.29) is 17.7 Å². The number of halogens is 1. The van der Waals surface area contributed by atoms with Gasteiger partial charge in [-0.15, -0.1) is 0 Å². The summed E-state index contributed by atoms with van der Waals surface area (Å²) < 4.78 is 16.4. The van der Waals surface area contributed by atoms with E-state index >= 15 is 4.39 Å². The highest BCUT2D eigenvalue weighted by atomic mass is 19.1. The number of anilines is 1. The molecule has 166 valence electrons. The number of hydrogen-bond acceptors (Lipinski definition) is 6. The van der Waals surface area contributed by atoms with Gasteiger partial charge in [0.15, 0.2) is 0 Å². The van der Waals surface area contributed by atoms with Gasteiger partial charge in [-0.2, -0.15) is 14.8 Å². The molecule has 0 amide bonds. The number of nitriles is 1. The van der Waals surface area contributed by atoms with Gasteiger partial charge in [-0.25, -0.2) is 9.67 Å². The molecule has 0 spiro atoms. The van der Waals surface area contributed by atoms with E-state index in [1.54, 1.807) is 60.7 Å². The van der Waals surface area contributed by atoms with Gasteiger partial charge < -0.3 is 10.6 Å². The average Bonchev–Trinajstić information content (AvgIpc) is 2.84. The molecule has 0 aliphatic rings. The number of nitrogens with one attached hydrogen (secondary N) is 2. The van der Waals surface area contributed by atoms with Crippen LogP contribution in [0.4, 0.5) is 10.2 Å². The second kappa shape index (κ2) is 10.0. The van der Waals surface area contributed by atoms with E-state index < -0.39 is 5.95 Å². The third-order valence-corrected chi connectivity index (χ3v) is 5.24. The summed E-state index contributed by atoms with van der Waals surface area (Å²) in [4.78, 5) is 17.1. The fourth-order valence-corrected chi connectivity index (χ4v) is 3.56. The zero-order valence-electron chi connectivity index (χ0n) is 18.2. The van der Waals surface area contributed by atoms with Crippen LogP contribution in [0.25, 0.3) is 22.0 Å². The minimum Gasteiger partial charge on any atom is -0.369 e. The maximum absolute atomic E-state index is 15.1. The van der Waals surface area contributed by atoms with Crippen LogP contribution in [-0.2, 0) is 6.54 Å². The van der Waals surface area contributed by atoms with Crippen LogP contribution >= 0.6 is 0 Å². The molecule has 0 aliphatic carbocycles. The quantitative estimate of drug-likeness (QED) is 0.320. The van der Waals surface area contributed by atoms with Gasteiger partial charge >= 0.3 is 0 Å². The zero-order valence-corrected chi connectivity index (χ0v) is 18.2. The van der Waals surface area contributed by atoms with Crippen molar-refractivity contribution in [2.24, 2.45) is 0 Å². The first-order valence-corrected chi connectivity index (χ1v) is 10.7. The van der Waals surface area contributed by atoms with Gasteiger partial charge in [-0.1, -0.05) is 37.3 Å². The summed E-state index contributed by atoms with van der Waals surface area (Å²) >= 11 is 0. The van der Waals surface area contributed by atoms with E-state index in [4.69, 9.17) is 5.26 Å². The third kappa shape index (κ3) is 4.89. The minimum absolute atomic E-state index is 0.196. The van der Waals surface area contributed by atoms with Crippen molar-refractivity contribution < 1.29 is 4.39 Å². The predicted molar refractivity (Wildman–Crippen MR) is 126 cm³/mol. The Morgan fingerprint density at radius 2 is 1.79 bits per heavy atom. The van der Waals surface area contributed by atoms with Gasteiger partial charge in [0, 0.05) is 18.5 Å². The highest BCUT2D eigenvalue weighted by Crippen LogP contribution is 2.27. The lowest BCUT2D eigenvalue weighted by atomic mass is 10.1. The lowest BCUT2D eigenvalue weighted by Gasteiger charge is -2.13. The van der Waals surface area contributed by atoms with Crippen LogP contribution < -0.4 is 16.2 Å². The zero-order chi connectivity index (χ0) is 23.2. The molecule has 33 heavy (non-hydrogen) atoms. The molecule has 0 aliphatic heterocycles. The first-order valence-electron chi connectivity index (χ1n) is 10.7. The Labute approximate surface area is 190 Å². The Morgan fingerprint density at radius 3 is 2.48 bits per heavy atom. The van der Waals surface area contributed by atoms with Crippen LogP contribution in [0.3, 0.4) is 0 Å². The largest absolute Gasteiger partial charge is 0.369 e. The number of hydrogen-bond donors (Lipinski definition) is 2. The van der Waals surface area contributed by atoms with Crippen molar-refractivity contribution in [1.82, 2.24) is 20.1 Å². The molecule has 4 aromatic rings. The normalized spacial score (nSPS) is 10.8. The second-order valence-electron chi connectivity index (χ2n) is 7.48. The molecule has 0 bridgehead atoms. The van der Waals surface area contributed by atoms with Gasteiger partial charge in [0.25, 0.3) is 5.56 Å². The summed E-state index contributed by atoms with van der Waals surface area (Å²) in [5, 5.41) is 20.8. The van der Waals surface area contributed by atoms with E-state index in [9.17, 15) is 4.79 Å². The summed E-state index contributed by atoms with van der Waals surface area (Å²) in [6.07, 6.45) is 0. The number of pyridine rings is 1. The SMILES string of the molecule is CCNCCNc1ccc(-c2nn(Cc3ccc(C#N)cc3)c(=O)c3ccccc23)c(F)n1. The van der Waals surface area contributed by atoms with Gasteiger partial charge in [0.1, 0.15) is 11.5 Å². The average molecular weight is 442 g/mol. The third-order valence-electron chi connectivity index (χ3n) is 5.24. The molecule has 2 heterocycles. The van der Waals surface area contributed by atoms with Crippen LogP contribution in [0.2, 0.25) is 0 Å². The van der Waals surface area contributed by atoms with Gasteiger partial charge in [-0.05, 0) is 42.4 Å². The van der Waals surface area contributed by atoms with Gasteiger partial charge in [-0.3, -0.25) is 4.79 Å². The van der Waals surface area contributed by atoms with E-state index in [1.165, 1.54) is 4.68 Å². The fourth-order valence-electron chi connectivity index (χ4n) is 3.56. The Hall–Kier alpha value is -4.09. The van der Waals surface area contributed by atoms with Crippen molar-refractivity contribution in [1.29, 1.82) is 5.26 Å². The molecular weight excluding hydrogens is 419 g/mol. The van der Waals surface area contributed by atoms with Crippen molar-refractivity contribution in [3.05, 3.63) is 88.1 Å². The first-order chi connectivity index (χ1) is 16.1. The molecule has 2 N–H and O–H groups in total. The summed E-state index contributed by atoms with van der Waals surface area (Å²) in [6.45, 7) is 4.44. The van der Waals surface area contributed by atoms with Crippen molar-refractivity contribution in [2.45, 2.75) is 13.5 Å². The number of rotatable bonds is 8. The number of aromatic nitrogens is 3. The molecule has 2 aromatic carbocycles. The first kappa shape index (κ1) is 22.1. The lowest BCUT2D eigenvalue weighted by Crippen LogP contribution is -2.24. The Morgan fingerprint density at radius 1 is 1.03 bits per heavy atom. The molecule has 0 fully saturated rings. The molecule has 4 rings (SSSR count). The molecule has 8 heteroatoms. The second-order valence-corrected chi connectivity index (χ2v) is 7.48. The van der Waals surface area contributed by atoms with Crippen molar-refractivity contribution >= 4 is 16.6 Å². The lowest BCUT2D eigenvalue weighted by molar-refractivity contribution is 0.585. The predicted octanol–water partition coefficient (Wildman–Crippen LogP) is 3.54.